The molecule has 4 nitrogen and oxygen atoms in total. The summed E-state index contributed by atoms with van der Waals surface area (Å²) in [7, 11) is 0. The second-order valence-corrected chi connectivity index (χ2v) is 5.29. The first-order chi connectivity index (χ1) is 8.82. The Morgan fingerprint density at radius 2 is 1.63 bits per heavy atom. The summed E-state index contributed by atoms with van der Waals surface area (Å²) in [6.45, 7) is 7.44. The predicted molar refractivity (Wildman–Crippen MR) is 73.1 cm³/mol. The molecule has 4 heteroatoms. The van der Waals surface area contributed by atoms with Crippen molar-refractivity contribution < 1.29 is 19.7 Å². The number of hydrogen-bond donors (Lipinski definition) is 2. The molecule has 0 bridgehead atoms. The summed E-state index contributed by atoms with van der Waals surface area (Å²) in [5.74, 6) is -1.22. The van der Waals surface area contributed by atoms with Gasteiger partial charge in [-0.1, -0.05) is 26.0 Å². The largest absolute Gasteiger partial charge is 0.491 e. The van der Waals surface area contributed by atoms with Crippen LogP contribution in [0.1, 0.15) is 39.4 Å². The molecule has 1 rings (SSSR count). The van der Waals surface area contributed by atoms with Crippen molar-refractivity contribution in [2.45, 2.75) is 39.9 Å². The quantitative estimate of drug-likeness (QED) is 0.831. The minimum atomic E-state index is -1.01. The molecule has 1 aromatic rings. The zero-order valence-corrected chi connectivity index (χ0v) is 11.8. The molecule has 0 aliphatic heterocycles. The van der Waals surface area contributed by atoms with E-state index in [0.29, 0.717) is 11.3 Å². The van der Waals surface area contributed by atoms with E-state index in [0.717, 1.165) is 0 Å². The Balaban J connectivity index is 2.87. The molecule has 0 aromatic heterocycles. The first kappa shape index (κ1) is 15.5. The second-order valence-electron chi connectivity index (χ2n) is 5.29. The summed E-state index contributed by atoms with van der Waals surface area (Å²) in [5.41, 5.74) is 0.595. The number of carboxylic acid groups (broad SMARTS) is 1. The highest BCUT2D eigenvalue weighted by Crippen LogP contribution is 2.29. The van der Waals surface area contributed by atoms with Crippen molar-refractivity contribution in [2.24, 2.45) is 11.8 Å². The van der Waals surface area contributed by atoms with Gasteiger partial charge in [-0.15, -0.1) is 0 Å². The number of aliphatic hydroxyl groups is 1. The predicted octanol–water partition coefficient (Wildman–Crippen LogP) is 2.86. The summed E-state index contributed by atoms with van der Waals surface area (Å²) in [5, 5.41) is 19.3. The van der Waals surface area contributed by atoms with Crippen LogP contribution in [-0.4, -0.2) is 22.3 Å². The van der Waals surface area contributed by atoms with Gasteiger partial charge in [0.05, 0.1) is 18.1 Å². The molecule has 2 unspecified atom stereocenters. The Hall–Kier alpha value is -1.55. The normalized spacial score (nSPS) is 14.5. The summed E-state index contributed by atoms with van der Waals surface area (Å²) in [4.78, 5) is 11.2. The van der Waals surface area contributed by atoms with E-state index in [1.54, 1.807) is 38.1 Å². The van der Waals surface area contributed by atoms with Crippen molar-refractivity contribution in [1.82, 2.24) is 0 Å². The maximum Gasteiger partial charge on any atom is 0.309 e. The van der Waals surface area contributed by atoms with E-state index in [2.05, 4.69) is 0 Å². The van der Waals surface area contributed by atoms with E-state index in [-0.39, 0.29) is 12.0 Å². The highest BCUT2D eigenvalue weighted by atomic mass is 16.5. The van der Waals surface area contributed by atoms with Gasteiger partial charge in [-0.3, -0.25) is 4.79 Å². The van der Waals surface area contributed by atoms with Crippen LogP contribution in [0, 0.1) is 11.8 Å². The monoisotopic (exact) mass is 266 g/mol. The molecule has 0 amide bonds. The number of carboxylic acids is 1. The molecule has 2 atom stereocenters. The van der Waals surface area contributed by atoms with Crippen molar-refractivity contribution in [3.8, 4) is 5.75 Å². The van der Waals surface area contributed by atoms with Crippen LogP contribution < -0.4 is 4.74 Å². The van der Waals surface area contributed by atoms with E-state index < -0.39 is 18.0 Å². The highest BCUT2D eigenvalue weighted by molar-refractivity contribution is 5.71. The number of benzene rings is 1. The van der Waals surface area contributed by atoms with Gasteiger partial charge in [0.2, 0.25) is 0 Å². The maximum absolute atomic E-state index is 11.2. The fourth-order valence-corrected chi connectivity index (χ4v) is 2.01. The average Bonchev–Trinajstić information content (AvgIpc) is 2.27. The number of aliphatic carboxylic acids is 1. The number of aliphatic hydroxyl groups excluding tert-OH is 1. The molecular formula is C15H22O4. The minimum Gasteiger partial charge on any atom is -0.491 e. The Morgan fingerprint density at radius 1 is 1.11 bits per heavy atom. The minimum absolute atomic E-state index is 0.0817. The van der Waals surface area contributed by atoms with Crippen LogP contribution in [0.2, 0.25) is 0 Å². The smallest absolute Gasteiger partial charge is 0.309 e. The topological polar surface area (TPSA) is 66.8 Å². The average molecular weight is 266 g/mol. The Labute approximate surface area is 114 Å². The van der Waals surface area contributed by atoms with Gasteiger partial charge in [-0.2, -0.15) is 0 Å². The van der Waals surface area contributed by atoms with E-state index in [4.69, 9.17) is 9.84 Å². The van der Waals surface area contributed by atoms with Crippen LogP contribution in [0.15, 0.2) is 24.3 Å². The van der Waals surface area contributed by atoms with Crippen molar-refractivity contribution >= 4 is 5.97 Å². The fourth-order valence-electron chi connectivity index (χ4n) is 2.01. The third-order valence-corrected chi connectivity index (χ3v) is 2.94. The molecule has 0 radical (unpaired) electrons. The Morgan fingerprint density at radius 3 is 2.00 bits per heavy atom. The number of hydrogen-bond acceptors (Lipinski definition) is 3. The van der Waals surface area contributed by atoms with Gasteiger partial charge >= 0.3 is 5.97 Å². The van der Waals surface area contributed by atoms with Gasteiger partial charge in [-0.05, 0) is 37.5 Å². The maximum atomic E-state index is 11.2. The van der Waals surface area contributed by atoms with Gasteiger partial charge < -0.3 is 14.9 Å². The molecule has 0 fully saturated rings. The van der Waals surface area contributed by atoms with Crippen LogP contribution in [0.25, 0.3) is 0 Å². The molecule has 0 saturated carbocycles. The summed E-state index contributed by atoms with van der Waals surface area (Å²) >= 11 is 0. The van der Waals surface area contributed by atoms with E-state index in [1.165, 1.54) is 0 Å². The van der Waals surface area contributed by atoms with Gasteiger partial charge in [0, 0.05) is 0 Å². The first-order valence-corrected chi connectivity index (χ1v) is 6.50. The van der Waals surface area contributed by atoms with Gasteiger partial charge in [0.25, 0.3) is 0 Å². The first-order valence-electron chi connectivity index (χ1n) is 6.50. The standard InChI is InChI=1S/C15H22O4/c1-9(2)13(15(17)18)14(16)11-5-7-12(8-6-11)19-10(3)4/h5-10,13-14,16H,1-4H3,(H,17,18). The molecular weight excluding hydrogens is 244 g/mol. The van der Waals surface area contributed by atoms with E-state index in [9.17, 15) is 9.90 Å². The Kier molecular flexibility index (Phi) is 5.36. The van der Waals surface area contributed by atoms with E-state index >= 15 is 0 Å². The lowest BCUT2D eigenvalue weighted by Crippen LogP contribution is -2.26. The van der Waals surface area contributed by atoms with Gasteiger partial charge in [-0.25, -0.2) is 0 Å². The van der Waals surface area contributed by atoms with Crippen LogP contribution in [0.4, 0.5) is 0 Å². The van der Waals surface area contributed by atoms with Crippen LogP contribution in [0.3, 0.4) is 0 Å². The summed E-state index contributed by atoms with van der Waals surface area (Å²) in [6, 6.07) is 6.91. The zero-order valence-electron chi connectivity index (χ0n) is 11.8. The molecule has 106 valence electrons. The van der Waals surface area contributed by atoms with Crippen molar-refractivity contribution in [2.75, 3.05) is 0 Å². The number of rotatable bonds is 6. The molecule has 0 saturated heterocycles. The zero-order chi connectivity index (χ0) is 14.6. The summed E-state index contributed by atoms with van der Waals surface area (Å²) in [6.07, 6.45) is -0.927. The van der Waals surface area contributed by atoms with E-state index in [1.807, 2.05) is 13.8 Å². The van der Waals surface area contributed by atoms with Crippen molar-refractivity contribution in [1.29, 1.82) is 0 Å². The SMILES string of the molecule is CC(C)Oc1ccc(C(O)C(C(=O)O)C(C)C)cc1. The van der Waals surface area contributed by atoms with Crippen LogP contribution in [-0.2, 0) is 4.79 Å². The summed E-state index contributed by atoms with van der Waals surface area (Å²) < 4.78 is 5.51. The van der Waals surface area contributed by atoms with Gasteiger partial charge in [0.1, 0.15) is 5.75 Å². The molecule has 0 aliphatic carbocycles. The van der Waals surface area contributed by atoms with Crippen LogP contribution >= 0.6 is 0 Å². The molecule has 0 heterocycles. The lowest BCUT2D eigenvalue weighted by atomic mass is 9.86. The fraction of sp³-hybridized carbons (Fsp3) is 0.533. The lowest BCUT2D eigenvalue weighted by Gasteiger charge is -2.23. The molecule has 19 heavy (non-hydrogen) atoms. The van der Waals surface area contributed by atoms with Crippen molar-refractivity contribution in [3.63, 3.8) is 0 Å². The van der Waals surface area contributed by atoms with Crippen molar-refractivity contribution in [3.05, 3.63) is 29.8 Å². The lowest BCUT2D eigenvalue weighted by molar-refractivity contribution is -0.148. The van der Waals surface area contributed by atoms with Gasteiger partial charge in [0.15, 0.2) is 0 Å². The second kappa shape index (κ2) is 6.57. The third-order valence-electron chi connectivity index (χ3n) is 2.94. The molecule has 0 aliphatic rings. The number of carbonyl (C=O) groups is 1. The molecule has 2 N–H and O–H groups in total. The van der Waals surface area contributed by atoms with Crippen LogP contribution in [0.5, 0.6) is 5.75 Å². The third kappa shape index (κ3) is 4.24. The molecule has 0 spiro atoms. The highest BCUT2D eigenvalue weighted by Gasteiger charge is 2.30. The number of ether oxygens (including phenoxy) is 1. The Bertz CT molecular complexity index is 409. The molecule has 1 aromatic carbocycles.